The van der Waals surface area contributed by atoms with Crippen molar-refractivity contribution in [2.75, 3.05) is 6.54 Å². The molecule has 0 bridgehead atoms. The van der Waals surface area contributed by atoms with Gasteiger partial charge in [0.15, 0.2) is 5.58 Å². The van der Waals surface area contributed by atoms with Gasteiger partial charge in [-0.1, -0.05) is 18.2 Å². The summed E-state index contributed by atoms with van der Waals surface area (Å²) in [4.78, 5) is 16.7. The third-order valence-corrected chi connectivity index (χ3v) is 4.50. The van der Waals surface area contributed by atoms with Crippen molar-refractivity contribution in [2.24, 2.45) is 0 Å². The van der Waals surface area contributed by atoms with Crippen LogP contribution in [0.2, 0.25) is 0 Å². The monoisotopic (exact) mass is 392 g/mol. The van der Waals surface area contributed by atoms with Gasteiger partial charge in [0.25, 0.3) is 5.91 Å². The van der Waals surface area contributed by atoms with Crippen LogP contribution in [0.3, 0.4) is 0 Å². The molecule has 0 saturated carbocycles. The molecule has 146 valence electrons. The highest BCUT2D eigenvalue weighted by molar-refractivity contribution is 5.97. The maximum atomic E-state index is 12.9. The number of hydrogen-bond acceptors (Lipinski definition) is 5. The molecule has 6 nitrogen and oxygen atoms in total. The number of aromatic nitrogens is 1. The summed E-state index contributed by atoms with van der Waals surface area (Å²) in [5, 5.41) is 22.8. The molecule has 0 saturated heterocycles. The summed E-state index contributed by atoms with van der Waals surface area (Å²) in [6.07, 6.45) is 0.577. The number of halogens is 1. The van der Waals surface area contributed by atoms with Crippen LogP contribution >= 0.6 is 0 Å². The zero-order chi connectivity index (χ0) is 20.4. The van der Waals surface area contributed by atoms with E-state index in [0.717, 1.165) is 5.56 Å². The number of benzene rings is 3. The Labute approximate surface area is 165 Å². The van der Waals surface area contributed by atoms with Crippen LogP contribution in [0, 0.1) is 5.82 Å². The number of hydrogen-bond donors (Lipinski definition) is 3. The van der Waals surface area contributed by atoms with E-state index in [9.17, 15) is 19.4 Å². The number of phenolic OH excluding ortho intramolecular Hbond substituents is 2. The van der Waals surface area contributed by atoms with Crippen LogP contribution in [0.15, 0.2) is 65.1 Å². The fourth-order valence-corrected chi connectivity index (χ4v) is 2.99. The van der Waals surface area contributed by atoms with Crippen molar-refractivity contribution in [3.8, 4) is 23.0 Å². The molecule has 1 amide bonds. The van der Waals surface area contributed by atoms with Gasteiger partial charge in [-0.3, -0.25) is 4.79 Å². The zero-order valence-electron chi connectivity index (χ0n) is 15.2. The molecule has 0 aliphatic rings. The largest absolute Gasteiger partial charge is 0.507 e. The minimum Gasteiger partial charge on any atom is -0.507 e. The molecule has 0 unspecified atom stereocenters. The molecule has 0 spiro atoms. The molecular weight excluding hydrogens is 375 g/mol. The van der Waals surface area contributed by atoms with E-state index in [4.69, 9.17) is 4.42 Å². The van der Waals surface area contributed by atoms with Gasteiger partial charge in [-0.2, -0.15) is 0 Å². The van der Waals surface area contributed by atoms with Crippen molar-refractivity contribution in [3.05, 3.63) is 77.6 Å². The van der Waals surface area contributed by atoms with Gasteiger partial charge < -0.3 is 19.9 Å². The first-order valence-electron chi connectivity index (χ1n) is 8.96. The molecule has 0 fully saturated rings. The first-order chi connectivity index (χ1) is 14.0. The third kappa shape index (κ3) is 3.89. The number of rotatable bonds is 5. The summed E-state index contributed by atoms with van der Waals surface area (Å²) >= 11 is 0. The summed E-state index contributed by atoms with van der Waals surface area (Å²) in [5.74, 6) is -0.831. The second-order valence-corrected chi connectivity index (χ2v) is 6.51. The molecule has 0 radical (unpaired) electrons. The van der Waals surface area contributed by atoms with Crippen molar-refractivity contribution in [1.82, 2.24) is 10.3 Å². The van der Waals surface area contributed by atoms with Crippen molar-refractivity contribution in [2.45, 2.75) is 6.42 Å². The van der Waals surface area contributed by atoms with Crippen molar-refractivity contribution in [1.29, 1.82) is 0 Å². The van der Waals surface area contributed by atoms with E-state index in [-0.39, 0.29) is 34.7 Å². The summed E-state index contributed by atoms with van der Waals surface area (Å²) in [6, 6.07) is 15.3. The zero-order valence-corrected chi connectivity index (χ0v) is 15.2. The number of oxazole rings is 1. The van der Waals surface area contributed by atoms with Gasteiger partial charge in [0, 0.05) is 12.1 Å². The van der Waals surface area contributed by atoms with Gasteiger partial charge in [0.2, 0.25) is 5.89 Å². The Hall–Kier alpha value is -3.87. The first-order valence-corrected chi connectivity index (χ1v) is 8.96. The molecule has 4 aromatic rings. The normalized spacial score (nSPS) is 10.9. The van der Waals surface area contributed by atoms with Crippen LogP contribution < -0.4 is 5.32 Å². The van der Waals surface area contributed by atoms with E-state index < -0.39 is 0 Å². The van der Waals surface area contributed by atoms with Crippen LogP contribution in [-0.4, -0.2) is 27.6 Å². The van der Waals surface area contributed by atoms with Gasteiger partial charge >= 0.3 is 0 Å². The van der Waals surface area contributed by atoms with E-state index in [1.165, 1.54) is 30.3 Å². The highest BCUT2D eigenvalue weighted by atomic mass is 19.1. The highest BCUT2D eigenvalue weighted by Gasteiger charge is 2.17. The Morgan fingerprint density at radius 1 is 1.03 bits per heavy atom. The average Bonchev–Trinajstić information content (AvgIpc) is 3.12. The van der Waals surface area contributed by atoms with Crippen LogP contribution in [0.4, 0.5) is 4.39 Å². The van der Waals surface area contributed by atoms with Gasteiger partial charge in [-0.05, 0) is 54.4 Å². The first kappa shape index (κ1) is 18.5. The molecular formula is C22H17FN2O4. The van der Waals surface area contributed by atoms with E-state index in [1.807, 2.05) is 0 Å². The number of fused-ring (bicyclic) bond motifs is 1. The fourth-order valence-electron chi connectivity index (χ4n) is 2.99. The highest BCUT2D eigenvalue weighted by Crippen LogP contribution is 2.37. The molecule has 1 heterocycles. The lowest BCUT2D eigenvalue weighted by molar-refractivity contribution is 0.0954. The van der Waals surface area contributed by atoms with E-state index in [2.05, 4.69) is 10.3 Å². The predicted molar refractivity (Wildman–Crippen MR) is 105 cm³/mol. The van der Waals surface area contributed by atoms with Gasteiger partial charge in [-0.25, -0.2) is 9.37 Å². The lowest BCUT2D eigenvalue weighted by Crippen LogP contribution is -2.25. The second-order valence-electron chi connectivity index (χ2n) is 6.51. The van der Waals surface area contributed by atoms with Crippen molar-refractivity contribution >= 4 is 17.0 Å². The minimum absolute atomic E-state index is 0.0597. The van der Waals surface area contributed by atoms with Crippen molar-refractivity contribution in [3.63, 3.8) is 0 Å². The Balaban J connectivity index is 1.49. The summed E-state index contributed by atoms with van der Waals surface area (Å²) in [7, 11) is 0. The number of carbonyl (C=O) groups excluding carboxylic acids is 1. The molecule has 0 aliphatic heterocycles. The van der Waals surface area contributed by atoms with Gasteiger partial charge in [0.1, 0.15) is 28.4 Å². The number of carbonyl (C=O) groups is 1. The quantitative estimate of drug-likeness (QED) is 0.477. The summed E-state index contributed by atoms with van der Waals surface area (Å²) < 4.78 is 18.6. The number of nitrogens with zero attached hydrogens (tertiary/aromatic N) is 1. The number of nitrogens with one attached hydrogen (secondary N) is 1. The average molecular weight is 392 g/mol. The molecule has 0 atom stereocenters. The number of amides is 1. The van der Waals surface area contributed by atoms with Gasteiger partial charge in [0.05, 0.1) is 0 Å². The van der Waals surface area contributed by atoms with E-state index >= 15 is 0 Å². The second kappa shape index (κ2) is 7.63. The van der Waals surface area contributed by atoms with Crippen LogP contribution in [0.5, 0.6) is 11.5 Å². The lowest BCUT2D eigenvalue weighted by Gasteiger charge is -2.05. The van der Waals surface area contributed by atoms with E-state index in [1.54, 1.807) is 30.3 Å². The summed E-state index contributed by atoms with van der Waals surface area (Å²) in [5.41, 5.74) is 2.25. The maximum absolute atomic E-state index is 12.9. The van der Waals surface area contributed by atoms with E-state index in [0.29, 0.717) is 29.6 Å². The fraction of sp³-hybridized carbons (Fsp3) is 0.0909. The Morgan fingerprint density at radius 2 is 1.76 bits per heavy atom. The Bertz CT molecular complexity index is 1170. The molecule has 4 rings (SSSR count). The topological polar surface area (TPSA) is 95.6 Å². The molecule has 0 aliphatic carbocycles. The Kier molecular flexibility index (Phi) is 4.87. The third-order valence-electron chi connectivity index (χ3n) is 4.50. The number of aromatic hydroxyl groups is 2. The smallest absolute Gasteiger partial charge is 0.251 e. The van der Waals surface area contributed by atoms with Crippen LogP contribution in [0.25, 0.3) is 22.6 Å². The molecule has 7 heteroatoms. The summed E-state index contributed by atoms with van der Waals surface area (Å²) in [6.45, 7) is 0.399. The lowest BCUT2D eigenvalue weighted by atomic mass is 10.1. The molecule has 1 aromatic heterocycles. The Morgan fingerprint density at radius 3 is 2.48 bits per heavy atom. The van der Waals surface area contributed by atoms with Gasteiger partial charge in [-0.15, -0.1) is 0 Å². The number of phenols is 2. The maximum Gasteiger partial charge on any atom is 0.251 e. The van der Waals surface area contributed by atoms with Crippen LogP contribution in [0.1, 0.15) is 15.9 Å². The standard InChI is InChI=1S/C22H17FN2O4/c23-15-7-4-13(5-8-15)10-11-24-21(28)14-6-9-16-19(12-14)29-22(25-16)20-17(26)2-1-3-18(20)27/h1-9,12,26-27H,10-11H2,(H,24,28). The molecule has 3 aromatic carbocycles. The van der Waals surface area contributed by atoms with Crippen LogP contribution in [-0.2, 0) is 6.42 Å². The predicted octanol–water partition coefficient (Wildman–Crippen LogP) is 4.02. The molecule has 29 heavy (non-hydrogen) atoms. The minimum atomic E-state index is -0.297. The SMILES string of the molecule is O=C(NCCc1ccc(F)cc1)c1ccc2nc(-c3c(O)cccc3O)oc2c1. The molecule has 3 N–H and O–H groups in total. The van der Waals surface area contributed by atoms with Crippen molar-refractivity contribution < 1.29 is 23.8 Å².